The summed E-state index contributed by atoms with van der Waals surface area (Å²) in [6.45, 7) is 0. The predicted octanol–water partition coefficient (Wildman–Crippen LogP) is 4.45. The average molecular weight is 483 g/mol. The first kappa shape index (κ1) is 22.0. The van der Waals surface area contributed by atoms with Crippen molar-refractivity contribution >= 4 is 34.0 Å². The van der Waals surface area contributed by atoms with Crippen LogP contribution in [0.1, 0.15) is 26.3 Å². The van der Waals surface area contributed by atoms with Crippen molar-refractivity contribution in [2.75, 3.05) is 14.2 Å². The van der Waals surface area contributed by atoms with E-state index >= 15 is 0 Å². The van der Waals surface area contributed by atoms with Crippen LogP contribution in [-0.2, 0) is 0 Å². The molecule has 0 bridgehead atoms. The molecule has 3 aromatic carbocycles. The molecule has 0 fully saturated rings. The quantitative estimate of drug-likeness (QED) is 0.232. The molecule has 8 heteroatoms. The predicted molar refractivity (Wildman–Crippen MR) is 120 cm³/mol. The van der Waals surface area contributed by atoms with Gasteiger partial charge in [-0.1, -0.05) is 34.1 Å². The second-order valence-electron chi connectivity index (χ2n) is 6.21. The highest BCUT2D eigenvalue weighted by molar-refractivity contribution is 9.10. The van der Waals surface area contributed by atoms with Crippen LogP contribution in [-0.4, -0.2) is 32.3 Å². The Morgan fingerprint density at radius 1 is 0.871 bits per heavy atom. The van der Waals surface area contributed by atoms with Gasteiger partial charge in [-0.2, -0.15) is 5.10 Å². The molecular weight excluding hydrogens is 464 g/mol. The molecule has 3 rings (SSSR count). The van der Waals surface area contributed by atoms with Gasteiger partial charge < -0.3 is 14.2 Å². The Morgan fingerprint density at radius 3 is 2.29 bits per heavy atom. The lowest BCUT2D eigenvalue weighted by molar-refractivity contribution is 0.0733. The Labute approximate surface area is 187 Å². The monoisotopic (exact) mass is 482 g/mol. The van der Waals surface area contributed by atoms with Crippen LogP contribution in [0.15, 0.2) is 76.3 Å². The molecule has 3 aromatic rings. The van der Waals surface area contributed by atoms with E-state index in [-0.39, 0.29) is 11.7 Å². The molecule has 0 aliphatic carbocycles. The number of esters is 1. The van der Waals surface area contributed by atoms with Gasteiger partial charge >= 0.3 is 5.97 Å². The number of carbonyl (C=O) groups is 2. The molecule has 0 saturated heterocycles. The fourth-order valence-corrected chi connectivity index (χ4v) is 3.03. The Bertz CT molecular complexity index is 1120. The molecule has 0 atom stereocenters. The second-order valence-corrected chi connectivity index (χ2v) is 7.12. The normalized spacial score (nSPS) is 10.5. The van der Waals surface area contributed by atoms with Crippen LogP contribution in [0.4, 0.5) is 0 Å². The van der Waals surface area contributed by atoms with Crippen LogP contribution < -0.4 is 19.6 Å². The first-order chi connectivity index (χ1) is 15.0. The number of ether oxygens (including phenoxy) is 3. The Hall–Kier alpha value is -3.65. The van der Waals surface area contributed by atoms with Gasteiger partial charge in [-0.3, -0.25) is 4.79 Å². The molecular formula is C23H19BrN2O5. The minimum absolute atomic E-state index is 0.278. The van der Waals surface area contributed by atoms with Gasteiger partial charge in [0.2, 0.25) is 0 Å². The maximum atomic E-state index is 12.6. The lowest BCUT2D eigenvalue weighted by atomic mass is 10.2. The van der Waals surface area contributed by atoms with Gasteiger partial charge in [-0.15, -0.1) is 0 Å². The molecule has 7 nitrogen and oxygen atoms in total. The molecule has 0 heterocycles. The fourth-order valence-electron chi connectivity index (χ4n) is 2.65. The average Bonchev–Trinajstić information content (AvgIpc) is 2.80. The van der Waals surface area contributed by atoms with Gasteiger partial charge in [0.05, 0.1) is 26.0 Å². The van der Waals surface area contributed by atoms with Gasteiger partial charge in [-0.05, 0) is 48.5 Å². The molecule has 1 N–H and O–H groups in total. The standard InChI is InChI=1S/C23H19BrN2O5/c1-29-20-10-8-16(13-21(20)30-2)23(28)31-19-11-9-18(24)12-17(19)14-25-26-22(27)15-6-4-3-5-7-15/h3-14H,1-2H3,(H,26,27). The number of hydrazone groups is 1. The summed E-state index contributed by atoms with van der Waals surface area (Å²) in [5.74, 6) is 0.269. The van der Waals surface area contributed by atoms with E-state index in [4.69, 9.17) is 14.2 Å². The number of carbonyl (C=O) groups excluding carboxylic acids is 2. The third kappa shape index (κ3) is 5.70. The number of methoxy groups -OCH3 is 2. The zero-order valence-corrected chi connectivity index (χ0v) is 18.4. The Morgan fingerprint density at radius 2 is 1.58 bits per heavy atom. The molecule has 158 valence electrons. The molecule has 0 aliphatic heterocycles. The summed E-state index contributed by atoms with van der Waals surface area (Å²) in [6, 6.07) is 18.5. The highest BCUT2D eigenvalue weighted by Gasteiger charge is 2.15. The molecule has 0 unspecified atom stereocenters. The number of halogens is 1. The van der Waals surface area contributed by atoms with Crippen molar-refractivity contribution in [1.82, 2.24) is 5.43 Å². The van der Waals surface area contributed by atoms with Crippen LogP contribution in [0.2, 0.25) is 0 Å². The number of nitrogens with zero attached hydrogens (tertiary/aromatic N) is 1. The summed E-state index contributed by atoms with van der Waals surface area (Å²) >= 11 is 3.38. The van der Waals surface area contributed by atoms with E-state index in [0.29, 0.717) is 28.2 Å². The van der Waals surface area contributed by atoms with Crippen LogP contribution in [0.5, 0.6) is 17.2 Å². The molecule has 0 saturated carbocycles. The van der Waals surface area contributed by atoms with Gasteiger partial charge in [0, 0.05) is 15.6 Å². The summed E-state index contributed by atoms with van der Waals surface area (Å²) in [5, 5.41) is 3.98. The number of amides is 1. The first-order valence-electron chi connectivity index (χ1n) is 9.14. The van der Waals surface area contributed by atoms with Crippen molar-refractivity contribution in [3.05, 3.63) is 87.9 Å². The molecule has 1 amide bonds. The first-order valence-corrected chi connectivity index (χ1v) is 9.93. The summed E-state index contributed by atoms with van der Waals surface area (Å²) in [5.41, 5.74) is 3.72. The summed E-state index contributed by atoms with van der Waals surface area (Å²) in [7, 11) is 3.00. The van der Waals surface area contributed by atoms with Crippen LogP contribution >= 0.6 is 15.9 Å². The lowest BCUT2D eigenvalue weighted by Gasteiger charge is -2.11. The number of benzene rings is 3. The summed E-state index contributed by atoms with van der Waals surface area (Å²) < 4.78 is 16.7. The van der Waals surface area contributed by atoms with Gasteiger partial charge in [0.15, 0.2) is 11.5 Å². The summed E-state index contributed by atoms with van der Waals surface area (Å²) in [4.78, 5) is 24.8. The molecule has 0 spiro atoms. The van der Waals surface area contributed by atoms with Crippen molar-refractivity contribution in [3.63, 3.8) is 0 Å². The minimum atomic E-state index is -0.578. The molecule has 31 heavy (non-hydrogen) atoms. The largest absolute Gasteiger partial charge is 0.493 e. The van der Waals surface area contributed by atoms with E-state index in [1.807, 2.05) is 6.07 Å². The SMILES string of the molecule is COc1ccc(C(=O)Oc2ccc(Br)cc2C=NNC(=O)c2ccccc2)cc1OC. The Kier molecular flexibility index (Phi) is 7.40. The maximum absolute atomic E-state index is 12.6. The molecule has 0 aliphatic rings. The fraction of sp³-hybridized carbons (Fsp3) is 0.0870. The third-order valence-electron chi connectivity index (χ3n) is 4.20. The second kappa shape index (κ2) is 10.4. The van der Waals surface area contributed by atoms with Crippen LogP contribution in [0, 0.1) is 0 Å². The number of rotatable bonds is 7. The van der Waals surface area contributed by atoms with E-state index in [0.717, 1.165) is 4.47 Å². The van der Waals surface area contributed by atoms with Crippen molar-refractivity contribution in [3.8, 4) is 17.2 Å². The Balaban J connectivity index is 1.77. The van der Waals surface area contributed by atoms with Gasteiger partial charge in [-0.25, -0.2) is 10.2 Å². The zero-order chi connectivity index (χ0) is 22.2. The van der Waals surface area contributed by atoms with Crippen molar-refractivity contribution in [2.45, 2.75) is 0 Å². The topological polar surface area (TPSA) is 86.2 Å². The van der Waals surface area contributed by atoms with Crippen LogP contribution in [0.25, 0.3) is 0 Å². The summed E-state index contributed by atoms with van der Waals surface area (Å²) in [6.07, 6.45) is 1.41. The van der Waals surface area contributed by atoms with Crippen molar-refractivity contribution in [1.29, 1.82) is 0 Å². The van der Waals surface area contributed by atoms with Gasteiger partial charge in [0.25, 0.3) is 5.91 Å². The molecule has 0 aromatic heterocycles. The zero-order valence-electron chi connectivity index (χ0n) is 16.8. The van der Waals surface area contributed by atoms with Crippen molar-refractivity contribution < 1.29 is 23.8 Å². The highest BCUT2D eigenvalue weighted by atomic mass is 79.9. The molecule has 0 radical (unpaired) electrons. The smallest absolute Gasteiger partial charge is 0.343 e. The van der Waals surface area contributed by atoms with Gasteiger partial charge in [0.1, 0.15) is 5.75 Å². The van der Waals surface area contributed by atoms with Crippen LogP contribution in [0.3, 0.4) is 0 Å². The van der Waals surface area contributed by atoms with E-state index in [9.17, 15) is 9.59 Å². The van der Waals surface area contributed by atoms with E-state index in [1.165, 1.54) is 26.5 Å². The minimum Gasteiger partial charge on any atom is -0.493 e. The maximum Gasteiger partial charge on any atom is 0.343 e. The van der Waals surface area contributed by atoms with Crippen molar-refractivity contribution in [2.24, 2.45) is 5.10 Å². The third-order valence-corrected chi connectivity index (χ3v) is 4.69. The highest BCUT2D eigenvalue weighted by Crippen LogP contribution is 2.29. The number of hydrogen-bond donors (Lipinski definition) is 1. The number of nitrogens with one attached hydrogen (secondary N) is 1. The van der Waals surface area contributed by atoms with E-state index < -0.39 is 5.97 Å². The number of hydrogen-bond acceptors (Lipinski definition) is 6. The lowest BCUT2D eigenvalue weighted by Crippen LogP contribution is -2.17. The van der Waals surface area contributed by atoms with E-state index in [1.54, 1.807) is 54.6 Å². The van der Waals surface area contributed by atoms with E-state index in [2.05, 4.69) is 26.5 Å².